The van der Waals surface area contributed by atoms with Gasteiger partial charge >= 0.3 is 0 Å². The Morgan fingerprint density at radius 2 is 2.26 bits per heavy atom. The second kappa shape index (κ2) is 7.43. The molecule has 0 fully saturated rings. The van der Waals surface area contributed by atoms with Crippen LogP contribution in [0.2, 0.25) is 5.02 Å². The summed E-state index contributed by atoms with van der Waals surface area (Å²) in [6.45, 7) is 2.49. The van der Waals surface area contributed by atoms with Gasteiger partial charge in [0, 0.05) is 25.7 Å². The standard InChI is InChI=1S/C13H17ClN2O2S/c1-8(7-18-2)5-12(17)16-11-4-3-9(13(15)19)6-10(11)14/h3-4,6,8H,5,7H2,1-2H3,(H2,15,19)(H,16,17). The molecule has 0 aliphatic carbocycles. The number of thiocarbonyl (C=S) groups is 1. The number of hydrogen-bond donors (Lipinski definition) is 2. The van der Waals surface area contributed by atoms with Crippen LogP contribution in [0.25, 0.3) is 0 Å². The van der Waals surface area contributed by atoms with Gasteiger partial charge in [0.2, 0.25) is 5.91 Å². The van der Waals surface area contributed by atoms with Crippen LogP contribution in [0.5, 0.6) is 0 Å². The molecule has 1 aromatic rings. The molecule has 0 saturated carbocycles. The number of rotatable bonds is 6. The molecule has 1 rings (SSSR count). The van der Waals surface area contributed by atoms with Crippen molar-refractivity contribution in [1.82, 2.24) is 0 Å². The molecule has 1 atom stereocenters. The van der Waals surface area contributed by atoms with Crippen molar-refractivity contribution in [2.24, 2.45) is 11.7 Å². The van der Waals surface area contributed by atoms with Crippen LogP contribution < -0.4 is 11.1 Å². The highest BCUT2D eigenvalue weighted by molar-refractivity contribution is 7.80. The summed E-state index contributed by atoms with van der Waals surface area (Å²) >= 11 is 10.9. The predicted octanol–water partition coefficient (Wildman–Crippen LogP) is 2.59. The van der Waals surface area contributed by atoms with E-state index in [1.165, 1.54) is 0 Å². The zero-order valence-electron chi connectivity index (χ0n) is 10.9. The van der Waals surface area contributed by atoms with Crippen molar-refractivity contribution in [3.63, 3.8) is 0 Å². The maximum atomic E-state index is 11.8. The summed E-state index contributed by atoms with van der Waals surface area (Å²) in [5.74, 6) is 0.0502. The van der Waals surface area contributed by atoms with Gasteiger partial charge in [0.15, 0.2) is 0 Å². The highest BCUT2D eigenvalue weighted by atomic mass is 35.5. The van der Waals surface area contributed by atoms with Crippen molar-refractivity contribution in [2.75, 3.05) is 19.0 Å². The number of nitrogens with two attached hydrogens (primary N) is 1. The molecule has 0 spiro atoms. The molecule has 1 aromatic carbocycles. The molecule has 0 aliphatic rings. The number of nitrogens with one attached hydrogen (secondary N) is 1. The third-order valence-corrected chi connectivity index (χ3v) is 3.06. The smallest absolute Gasteiger partial charge is 0.224 e. The summed E-state index contributed by atoms with van der Waals surface area (Å²) in [5, 5.41) is 3.17. The first-order chi connectivity index (χ1) is 8.93. The van der Waals surface area contributed by atoms with E-state index >= 15 is 0 Å². The largest absolute Gasteiger partial charge is 0.389 e. The van der Waals surface area contributed by atoms with Crippen molar-refractivity contribution < 1.29 is 9.53 Å². The fourth-order valence-electron chi connectivity index (χ4n) is 1.63. The maximum Gasteiger partial charge on any atom is 0.224 e. The summed E-state index contributed by atoms with van der Waals surface area (Å²) in [6, 6.07) is 5.05. The Kier molecular flexibility index (Phi) is 6.21. The van der Waals surface area contributed by atoms with Crippen molar-refractivity contribution in [3.05, 3.63) is 28.8 Å². The molecule has 1 amide bonds. The van der Waals surface area contributed by atoms with Gasteiger partial charge < -0.3 is 15.8 Å². The van der Waals surface area contributed by atoms with Gasteiger partial charge in [-0.15, -0.1) is 0 Å². The SMILES string of the molecule is COCC(C)CC(=O)Nc1ccc(C(N)=S)cc1Cl. The second-order valence-corrected chi connectivity index (χ2v) is 5.22. The third-order valence-electron chi connectivity index (χ3n) is 2.51. The molecule has 1 unspecified atom stereocenters. The molecule has 3 N–H and O–H groups in total. The number of ether oxygens (including phenoxy) is 1. The number of hydrogen-bond acceptors (Lipinski definition) is 3. The highest BCUT2D eigenvalue weighted by Crippen LogP contribution is 2.23. The number of anilines is 1. The molecule has 0 aromatic heterocycles. The minimum absolute atomic E-state index is 0.102. The van der Waals surface area contributed by atoms with Gasteiger partial charge in [-0.3, -0.25) is 4.79 Å². The quantitative estimate of drug-likeness (QED) is 0.793. The maximum absolute atomic E-state index is 11.8. The van der Waals surface area contributed by atoms with E-state index in [2.05, 4.69) is 5.32 Å². The van der Waals surface area contributed by atoms with Crippen LogP contribution in [0, 0.1) is 5.92 Å². The van der Waals surface area contributed by atoms with Crippen molar-refractivity contribution in [2.45, 2.75) is 13.3 Å². The fourth-order valence-corrected chi connectivity index (χ4v) is 1.99. The van der Waals surface area contributed by atoms with E-state index in [9.17, 15) is 4.79 Å². The molecule has 0 saturated heterocycles. The fraction of sp³-hybridized carbons (Fsp3) is 0.385. The number of benzene rings is 1. The molecule has 0 aliphatic heterocycles. The van der Waals surface area contributed by atoms with Gasteiger partial charge in [-0.2, -0.15) is 0 Å². The first kappa shape index (κ1) is 15.9. The summed E-state index contributed by atoms with van der Waals surface area (Å²) in [6.07, 6.45) is 0.376. The van der Waals surface area contributed by atoms with Crippen LogP contribution in [-0.2, 0) is 9.53 Å². The zero-order chi connectivity index (χ0) is 14.4. The normalized spacial score (nSPS) is 11.9. The molecule has 6 heteroatoms. The second-order valence-electron chi connectivity index (χ2n) is 4.37. The molecule has 104 valence electrons. The molecule has 0 bridgehead atoms. The van der Waals surface area contributed by atoms with Gasteiger partial charge in [-0.05, 0) is 24.1 Å². The summed E-state index contributed by atoms with van der Waals surface area (Å²) in [5.41, 5.74) is 6.73. The van der Waals surface area contributed by atoms with E-state index in [0.717, 1.165) is 0 Å². The minimum atomic E-state index is -0.102. The number of methoxy groups -OCH3 is 1. The first-order valence-electron chi connectivity index (χ1n) is 5.82. The lowest BCUT2D eigenvalue weighted by Gasteiger charge is -2.12. The lowest BCUT2D eigenvalue weighted by Crippen LogP contribution is -2.18. The van der Waals surface area contributed by atoms with Crippen LogP contribution in [0.1, 0.15) is 18.9 Å². The van der Waals surface area contributed by atoms with E-state index in [1.807, 2.05) is 6.92 Å². The Morgan fingerprint density at radius 3 is 2.79 bits per heavy atom. The summed E-state index contributed by atoms with van der Waals surface area (Å²) in [4.78, 5) is 12.1. The number of carbonyl (C=O) groups is 1. The molecule has 0 heterocycles. The van der Waals surface area contributed by atoms with Crippen molar-refractivity contribution in [3.8, 4) is 0 Å². The van der Waals surface area contributed by atoms with Gasteiger partial charge in [-0.25, -0.2) is 0 Å². The Labute approximate surface area is 123 Å². The minimum Gasteiger partial charge on any atom is -0.389 e. The molecular weight excluding hydrogens is 284 g/mol. The number of carbonyl (C=O) groups excluding carboxylic acids is 1. The average molecular weight is 301 g/mol. The Balaban J connectivity index is 2.67. The molecule has 4 nitrogen and oxygen atoms in total. The Hall–Kier alpha value is -1.17. The molecular formula is C13H17ClN2O2S. The Morgan fingerprint density at radius 1 is 1.58 bits per heavy atom. The van der Waals surface area contributed by atoms with Crippen LogP contribution in [0.3, 0.4) is 0 Å². The van der Waals surface area contributed by atoms with Crippen LogP contribution >= 0.6 is 23.8 Å². The van der Waals surface area contributed by atoms with E-state index in [4.69, 9.17) is 34.3 Å². The Bertz CT molecular complexity index is 480. The molecule has 0 radical (unpaired) electrons. The van der Waals surface area contributed by atoms with Gasteiger partial charge in [0.25, 0.3) is 0 Å². The average Bonchev–Trinajstić information content (AvgIpc) is 2.31. The van der Waals surface area contributed by atoms with Gasteiger partial charge in [0.05, 0.1) is 10.7 Å². The monoisotopic (exact) mass is 300 g/mol. The summed E-state index contributed by atoms with van der Waals surface area (Å²) < 4.78 is 4.99. The van der Waals surface area contributed by atoms with Crippen LogP contribution in [0.15, 0.2) is 18.2 Å². The van der Waals surface area contributed by atoms with E-state index < -0.39 is 0 Å². The zero-order valence-corrected chi connectivity index (χ0v) is 12.5. The van der Waals surface area contributed by atoms with Crippen molar-refractivity contribution >= 4 is 40.4 Å². The van der Waals surface area contributed by atoms with E-state index in [1.54, 1.807) is 25.3 Å². The van der Waals surface area contributed by atoms with Gasteiger partial charge in [-0.1, -0.05) is 30.7 Å². The molecule has 19 heavy (non-hydrogen) atoms. The van der Waals surface area contributed by atoms with Crippen LogP contribution in [-0.4, -0.2) is 24.6 Å². The lowest BCUT2D eigenvalue weighted by molar-refractivity contribution is -0.117. The number of halogens is 1. The topological polar surface area (TPSA) is 64.3 Å². The van der Waals surface area contributed by atoms with E-state index in [0.29, 0.717) is 29.3 Å². The first-order valence-corrected chi connectivity index (χ1v) is 6.60. The summed E-state index contributed by atoms with van der Waals surface area (Å²) in [7, 11) is 1.61. The van der Waals surface area contributed by atoms with E-state index in [-0.39, 0.29) is 16.8 Å². The van der Waals surface area contributed by atoms with Crippen LogP contribution in [0.4, 0.5) is 5.69 Å². The number of amides is 1. The highest BCUT2D eigenvalue weighted by Gasteiger charge is 2.11. The lowest BCUT2D eigenvalue weighted by atomic mass is 10.1. The predicted molar refractivity (Wildman–Crippen MR) is 81.6 cm³/mol. The van der Waals surface area contributed by atoms with Gasteiger partial charge in [0.1, 0.15) is 4.99 Å². The van der Waals surface area contributed by atoms with Crippen molar-refractivity contribution in [1.29, 1.82) is 0 Å². The third kappa shape index (κ3) is 5.14.